The third-order valence-corrected chi connectivity index (χ3v) is 6.32. The van der Waals surface area contributed by atoms with Gasteiger partial charge in [0.2, 0.25) is 21.8 Å². The fourth-order valence-electron chi connectivity index (χ4n) is 3.10. The van der Waals surface area contributed by atoms with Crippen molar-refractivity contribution >= 4 is 33.2 Å². The summed E-state index contributed by atoms with van der Waals surface area (Å²) < 4.78 is 40.2. The molecular weight excluding hydrogens is 385 g/mol. The van der Waals surface area contributed by atoms with Gasteiger partial charge in [-0.05, 0) is 61.4 Å². The summed E-state index contributed by atoms with van der Waals surface area (Å²) in [6.07, 6.45) is 0.959. The van der Waals surface area contributed by atoms with Crippen LogP contribution in [0.15, 0.2) is 53.4 Å². The first-order valence-corrected chi connectivity index (χ1v) is 10.2. The van der Waals surface area contributed by atoms with Gasteiger partial charge in [-0.1, -0.05) is 0 Å². The summed E-state index contributed by atoms with van der Waals surface area (Å²) in [7, 11) is -3.88. The lowest BCUT2D eigenvalue weighted by molar-refractivity contribution is -0.119. The third kappa shape index (κ3) is 4.37. The van der Waals surface area contributed by atoms with Crippen LogP contribution in [0.5, 0.6) is 0 Å². The average Bonchev–Trinajstić information content (AvgIpc) is 3.14. The van der Waals surface area contributed by atoms with E-state index in [4.69, 9.17) is 0 Å². The van der Waals surface area contributed by atoms with Gasteiger partial charge in [-0.25, -0.2) is 12.8 Å². The summed E-state index contributed by atoms with van der Waals surface area (Å²) in [6.45, 7) is 1.59. The van der Waals surface area contributed by atoms with E-state index in [9.17, 15) is 22.4 Å². The van der Waals surface area contributed by atoms with E-state index in [0.717, 1.165) is 0 Å². The largest absolute Gasteiger partial charge is 0.326 e. The molecule has 1 aliphatic rings. The molecule has 2 aromatic carbocycles. The van der Waals surface area contributed by atoms with Gasteiger partial charge >= 0.3 is 0 Å². The van der Waals surface area contributed by atoms with Crippen LogP contribution in [-0.4, -0.2) is 37.1 Å². The summed E-state index contributed by atoms with van der Waals surface area (Å²) in [5.74, 6) is -1.14. The fourth-order valence-corrected chi connectivity index (χ4v) is 4.75. The molecule has 1 atom stereocenters. The van der Waals surface area contributed by atoms with E-state index >= 15 is 0 Å². The predicted octanol–water partition coefficient (Wildman–Crippen LogP) is 2.58. The first-order chi connectivity index (χ1) is 13.3. The van der Waals surface area contributed by atoms with Gasteiger partial charge in [-0.2, -0.15) is 4.31 Å². The molecule has 1 heterocycles. The van der Waals surface area contributed by atoms with Crippen molar-refractivity contribution in [1.29, 1.82) is 0 Å². The zero-order valence-corrected chi connectivity index (χ0v) is 16.0. The lowest BCUT2D eigenvalue weighted by atomic mass is 10.2. The highest BCUT2D eigenvalue weighted by atomic mass is 32.2. The molecule has 0 aliphatic carbocycles. The highest BCUT2D eigenvalue weighted by Gasteiger charge is 2.39. The molecule has 28 heavy (non-hydrogen) atoms. The minimum Gasteiger partial charge on any atom is -0.326 e. The van der Waals surface area contributed by atoms with Crippen LogP contribution in [-0.2, 0) is 19.6 Å². The van der Waals surface area contributed by atoms with Crippen LogP contribution in [0.4, 0.5) is 15.8 Å². The van der Waals surface area contributed by atoms with Crippen molar-refractivity contribution in [2.75, 3.05) is 17.2 Å². The van der Waals surface area contributed by atoms with E-state index < -0.39 is 27.8 Å². The number of amides is 2. The van der Waals surface area contributed by atoms with Gasteiger partial charge < -0.3 is 10.6 Å². The maximum absolute atomic E-state index is 13.0. The van der Waals surface area contributed by atoms with Crippen molar-refractivity contribution in [2.24, 2.45) is 0 Å². The molecule has 2 amide bonds. The van der Waals surface area contributed by atoms with Gasteiger partial charge in [-0.3, -0.25) is 9.59 Å². The second-order valence-electron chi connectivity index (χ2n) is 6.48. The number of hydrogen-bond donors (Lipinski definition) is 2. The van der Waals surface area contributed by atoms with Gasteiger partial charge in [0.25, 0.3) is 0 Å². The molecule has 1 saturated heterocycles. The smallest absolute Gasteiger partial charge is 0.243 e. The molecule has 148 valence electrons. The number of carbonyl (C=O) groups is 2. The monoisotopic (exact) mass is 405 g/mol. The Hall–Kier alpha value is -2.78. The number of anilines is 2. The normalized spacial score (nSPS) is 17.3. The van der Waals surface area contributed by atoms with E-state index in [1.54, 1.807) is 0 Å². The molecule has 1 aliphatic heterocycles. The first-order valence-electron chi connectivity index (χ1n) is 8.73. The van der Waals surface area contributed by atoms with Gasteiger partial charge in [0.15, 0.2) is 0 Å². The molecule has 7 nitrogen and oxygen atoms in total. The molecule has 0 radical (unpaired) electrons. The Bertz CT molecular complexity index is 975. The fraction of sp³-hybridized carbons (Fsp3) is 0.263. The molecule has 1 fully saturated rings. The molecule has 2 N–H and O–H groups in total. The molecule has 2 aromatic rings. The van der Waals surface area contributed by atoms with Crippen molar-refractivity contribution in [3.63, 3.8) is 0 Å². The number of nitrogens with zero attached hydrogens (tertiary/aromatic N) is 1. The SMILES string of the molecule is CC(=O)Nc1ccc(S(=O)(=O)N2CCC[C@H]2C(=O)Nc2ccc(F)cc2)cc1. The minimum atomic E-state index is -3.88. The quantitative estimate of drug-likeness (QED) is 0.799. The Labute approximate surface area is 162 Å². The highest BCUT2D eigenvalue weighted by Crippen LogP contribution is 2.27. The van der Waals surface area contributed by atoms with Crippen molar-refractivity contribution in [3.8, 4) is 0 Å². The van der Waals surface area contributed by atoms with Crippen molar-refractivity contribution < 1.29 is 22.4 Å². The Morgan fingerprint density at radius 3 is 2.18 bits per heavy atom. The van der Waals surface area contributed by atoms with E-state index in [1.165, 1.54) is 59.8 Å². The van der Waals surface area contributed by atoms with Crippen LogP contribution in [0.2, 0.25) is 0 Å². The minimum absolute atomic E-state index is 0.0445. The standard InChI is InChI=1S/C19H20FN3O4S/c1-13(24)21-15-8-10-17(11-9-15)28(26,27)23-12-2-3-18(23)19(25)22-16-6-4-14(20)5-7-16/h4-11,18H,2-3,12H2,1H3,(H,21,24)(H,22,25)/t18-/m0/s1. The Balaban J connectivity index is 1.77. The zero-order chi connectivity index (χ0) is 20.3. The van der Waals surface area contributed by atoms with E-state index in [1.807, 2.05) is 0 Å². The maximum Gasteiger partial charge on any atom is 0.243 e. The van der Waals surface area contributed by atoms with Crippen molar-refractivity contribution in [2.45, 2.75) is 30.7 Å². The number of halogens is 1. The molecule has 0 spiro atoms. The van der Waals surface area contributed by atoms with E-state index in [-0.39, 0.29) is 17.3 Å². The first kappa shape index (κ1) is 20.0. The lowest BCUT2D eigenvalue weighted by Crippen LogP contribution is -2.43. The summed E-state index contributed by atoms with van der Waals surface area (Å²) in [5, 5.41) is 5.21. The average molecular weight is 405 g/mol. The topological polar surface area (TPSA) is 95.6 Å². The lowest BCUT2D eigenvalue weighted by Gasteiger charge is -2.23. The van der Waals surface area contributed by atoms with E-state index in [0.29, 0.717) is 24.2 Å². The number of rotatable bonds is 5. The highest BCUT2D eigenvalue weighted by molar-refractivity contribution is 7.89. The van der Waals surface area contributed by atoms with Crippen LogP contribution < -0.4 is 10.6 Å². The molecular formula is C19H20FN3O4S. The number of nitrogens with one attached hydrogen (secondary N) is 2. The molecule has 0 saturated carbocycles. The van der Waals surface area contributed by atoms with Gasteiger partial charge in [0.1, 0.15) is 11.9 Å². The van der Waals surface area contributed by atoms with Gasteiger partial charge in [0, 0.05) is 24.8 Å². The van der Waals surface area contributed by atoms with Gasteiger partial charge in [-0.15, -0.1) is 0 Å². The van der Waals surface area contributed by atoms with Crippen LogP contribution in [0.3, 0.4) is 0 Å². The molecule has 3 rings (SSSR count). The zero-order valence-electron chi connectivity index (χ0n) is 15.2. The predicted molar refractivity (Wildman–Crippen MR) is 103 cm³/mol. The summed E-state index contributed by atoms with van der Waals surface area (Å²) >= 11 is 0. The third-order valence-electron chi connectivity index (χ3n) is 4.40. The number of carbonyl (C=O) groups excluding carboxylic acids is 2. The molecule has 0 bridgehead atoms. The van der Waals surface area contributed by atoms with Crippen LogP contribution >= 0.6 is 0 Å². The van der Waals surface area contributed by atoms with Gasteiger partial charge in [0.05, 0.1) is 4.90 Å². The Kier molecular flexibility index (Phi) is 5.76. The Morgan fingerprint density at radius 2 is 1.57 bits per heavy atom. The summed E-state index contributed by atoms with van der Waals surface area (Å²) in [5.41, 5.74) is 0.883. The molecule has 9 heteroatoms. The molecule has 0 aromatic heterocycles. The number of benzene rings is 2. The number of hydrogen-bond acceptors (Lipinski definition) is 4. The van der Waals surface area contributed by atoms with Crippen molar-refractivity contribution in [1.82, 2.24) is 4.31 Å². The summed E-state index contributed by atoms with van der Waals surface area (Å²) in [6, 6.07) is 10.2. The number of sulfonamides is 1. The second-order valence-corrected chi connectivity index (χ2v) is 8.37. The second kappa shape index (κ2) is 8.07. The van der Waals surface area contributed by atoms with E-state index in [2.05, 4.69) is 10.6 Å². The molecule has 0 unspecified atom stereocenters. The van der Waals surface area contributed by atoms with Crippen LogP contribution in [0.1, 0.15) is 19.8 Å². The Morgan fingerprint density at radius 1 is 1.00 bits per heavy atom. The maximum atomic E-state index is 13.0. The van der Waals surface area contributed by atoms with Crippen LogP contribution in [0, 0.1) is 5.82 Å². The summed E-state index contributed by atoms with van der Waals surface area (Å²) in [4.78, 5) is 23.7. The van der Waals surface area contributed by atoms with Crippen LogP contribution in [0.25, 0.3) is 0 Å². The van der Waals surface area contributed by atoms with Crippen molar-refractivity contribution in [3.05, 3.63) is 54.3 Å².